The molecule has 2 aliphatic carbocycles. The minimum absolute atomic E-state index is 0.391. The molecule has 0 heterocycles. The Labute approximate surface area is 183 Å². The number of allylic oxidation sites excluding steroid dienone is 2. The third-order valence-electron chi connectivity index (χ3n) is 7.70. The first-order valence-electron chi connectivity index (χ1n) is 12.8. The second kappa shape index (κ2) is 12.6. The molecule has 0 amide bonds. The predicted molar refractivity (Wildman–Crippen MR) is 124 cm³/mol. The van der Waals surface area contributed by atoms with Gasteiger partial charge in [-0.05, 0) is 92.7 Å². The van der Waals surface area contributed by atoms with E-state index in [4.69, 9.17) is 0 Å². The highest BCUT2D eigenvalue weighted by Gasteiger charge is 2.23. The van der Waals surface area contributed by atoms with Crippen molar-refractivity contribution in [3.05, 3.63) is 47.5 Å². The van der Waals surface area contributed by atoms with Crippen molar-refractivity contribution in [3.63, 3.8) is 0 Å². The van der Waals surface area contributed by atoms with Crippen LogP contribution in [0.2, 0.25) is 0 Å². The van der Waals surface area contributed by atoms with Crippen LogP contribution in [0.15, 0.2) is 30.4 Å². The lowest BCUT2D eigenvalue weighted by Crippen LogP contribution is -2.15. The van der Waals surface area contributed by atoms with Crippen LogP contribution in [0.3, 0.4) is 0 Å². The molecule has 0 aromatic heterocycles. The van der Waals surface area contributed by atoms with E-state index in [0.29, 0.717) is 11.8 Å². The number of unbranched alkanes of at least 4 members (excludes halogenated alkanes) is 5. The summed E-state index contributed by atoms with van der Waals surface area (Å²) in [5, 5.41) is 0. The molecule has 168 valence electrons. The molecule has 0 radical (unpaired) electrons. The van der Waals surface area contributed by atoms with E-state index in [2.05, 4.69) is 19.1 Å². The SMILES string of the molecule is CCCCCCCC[C@H]1CC[C@H](/C=C/[C@H]2CC[C@H](c3ccc(F)c(F)c3)CC2)CC1. The van der Waals surface area contributed by atoms with Crippen LogP contribution in [0.5, 0.6) is 0 Å². The van der Waals surface area contributed by atoms with Gasteiger partial charge in [-0.3, -0.25) is 0 Å². The Morgan fingerprint density at radius 3 is 1.97 bits per heavy atom. The monoisotopic (exact) mass is 416 g/mol. The quantitative estimate of drug-likeness (QED) is 0.263. The molecule has 1 aromatic carbocycles. The number of rotatable bonds is 10. The summed E-state index contributed by atoms with van der Waals surface area (Å²) in [6.07, 6.45) is 25.1. The van der Waals surface area contributed by atoms with Crippen LogP contribution in [0.4, 0.5) is 8.78 Å². The summed E-state index contributed by atoms with van der Waals surface area (Å²) in [6.45, 7) is 2.29. The van der Waals surface area contributed by atoms with Crippen molar-refractivity contribution in [2.45, 2.75) is 109 Å². The summed E-state index contributed by atoms with van der Waals surface area (Å²) in [6, 6.07) is 4.45. The summed E-state index contributed by atoms with van der Waals surface area (Å²) in [7, 11) is 0. The fourth-order valence-electron chi connectivity index (χ4n) is 5.61. The van der Waals surface area contributed by atoms with Crippen molar-refractivity contribution < 1.29 is 8.78 Å². The molecule has 2 fully saturated rings. The third-order valence-corrected chi connectivity index (χ3v) is 7.70. The lowest BCUT2D eigenvalue weighted by Gasteiger charge is -2.29. The summed E-state index contributed by atoms with van der Waals surface area (Å²) in [5.41, 5.74) is 0.972. The van der Waals surface area contributed by atoms with Crippen molar-refractivity contribution in [3.8, 4) is 0 Å². The minimum atomic E-state index is -0.739. The topological polar surface area (TPSA) is 0 Å². The molecule has 0 spiro atoms. The van der Waals surface area contributed by atoms with Crippen molar-refractivity contribution in [2.75, 3.05) is 0 Å². The summed E-state index contributed by atoms with van der Waals surface area (Å²) in [5.74, 6) is 1.38. The van der Waals surface area contributed by atoms with Crippen molar-refractivity contribution in [1.82, 2.24) is 0 Å². The average Bonchev–Trinajstić information content (AvgIpc) is 2.78. The average molecular weight is 417 g/mol. The van der Waals surface area contributed by atoms with E-state index < -0.39 is 11.6 Å². The zero-order valence-corrected chi connectivity index (χ0v) is 19.1. The molecule has 0 bridgehead atoms. The first kappa shape index (κ1) is 23.5. The van der Waals surface area contributed by atoms with Gasteiger partial charge in [-0.15, -0.1) is 0 Å². The molecule has 30 heavy (non-hydrogen) atoms. The van der Waals surface area contributed by atoms with Gasteiger partial charge in [0.25, 0.3) is 0 Å². The highest BCUT2D eigenvalue weighted by atomic mass is 19.2. The molecular formula is C28H42F2. The van der Waals surface area contributed by atoms with Crippen molar-refractivity contribution in [1.29, 1.82) is 0 Å². The van der Waals surface area contributed by atoms with Crippen molar-refractivity contribution in [2.24, 2.45) is 17.8 Å². The Kier molecular flexibility index (Phi) is 9.88. The zero-order valence-electron chi connectivity index (χ0n) is 19.1. The molecule has 0 atom stereocenters. The van der Waals surface area contributed by atoms with E-state index in [0.717, 1.165) is 30.2 Å². The van der Waals surface area contributed by atoms with Gasteiger partial charge in [-0.25, -0.2) is 8.78 Å². The molecule has 0 N–H and O–H groups in total. The molecule has 3 rings (SSSR count). The number of benzene rings is 1. The normalized spacial score (nSPS) is 27.6. The van der Waals surface area contributed by atoms with Crippen LogP contribution >= 0.6 is 0 Å². The van der Waals surface area contributed by atoms with E-state index in [1.165, 1.54) is 95.6 Å². The van der Waals surface area contributed by atoms with Gasteiger partial charge in [0.05, 0.1) is 0 Å². The van der Waals surface area contributed by atoms with Gasteiger partial charge in [0, 0.05) is 0 Å². The minimum Gasteiger partial charge on any atom is -0.204 e. The standard InChI is InChI=1S/C28H42F2/c1-2-3-4-5-6-7-8-22-9-11-23(12-10-22)13-14-24-15-17-25(18-16-24)26-19-20-27(29)28(30)21-26/h13-14,19-25H,2-12,15-18H2,1H3/b14-13+/t22-,23-,24-,25-. The third kappa shape index (κ3) is 7.50. The van der Waals surface area contributed by atoms with Gasteiger partial charge in [-0.1, -0.05) is 70.1 Å². The predicted octanol–water partition coefficient (Wildman–Crippen LogP) is 9.35. The first-order chi connectivity index (χ1) is 14.7. The van der Waals surface area contributed by atoms with Crippen LogP contribution in [-0.2, 0) is 0 Å². The molecule has 0 saturated heterocycles. The second-order valence-electron chi connectivity index (χ2n) is 10.0. The van der Waals surface area contributed by atoms with E-state index in [-0.39, 0.29) is 0 Å². The molecule has 2 saturated carbocycles. The largest absolute Gasteiger partial charge is 0.204 e. The number of hydrogen-bond donors (Lipinski definition) is 0. The van der Waals surface area contributed by atoms with E-state index in [9.17, 15) is 8.78 Å². The maximum Gasteiger partial charge on any atom is 0.159 e. The molecule has 2 heteroatoms. The van der Waals surface area contributed by atoms with Gasteiger partial charge < -0.3 is 0 Å². The van der Waals surface area contributed by atoms with E-state index in [1.54, 1.807) is 6.07 Å². The van der Waals surface area contributed by atoms with Crippen LogP contribution in [0.25, 0.3) is 0 Å². The van der Waals surface area contributed by atoms with Crippen LogP contribution in [-0.4, -0.2) is 0 Å². The number of halogens is 2. The maximum absolute atomic E-state index is 13.5. The molecule has 0 aliphatic heterocycles. The molecule has 0 unspecified atom stereocenters. The molecule has 1 aromatic rings. The highest BCUT2D eigenvalue weighted by Crippen LogP contribution is 2.38. The van der Waals surface area contributed by atoms with Gasteiger partial charge >= 0.3 is 0 Å². The molecule has 2 aliphatic rings. The smallest absolute Gasteiger partial charge is 0.159 e. The maximum atomic E-state index is 13.5. The Bertz CT molecular complexity index is 634. The number of hydrogen-bond acceptors (Lipinski definition) is 0. The van der Waals surface area contributed by atoms with Crippen LogP contribution in [0, 0.1) is 29.4 Å². The van der Waals surface area contributed by atoms with Crippen molar-refractivity contribution >= 4 is 0 Å². The van der Waals surface area contributed by atoms with Gasteiger partial charge in [0.15, 0.2) is 11.6 Å². The lowest BCUT2D eigenvalue weighted by molar-refractivity contribution is 0.287. The lowest BCUT2D eigenvalue weighted by atomic mass is 9.76. The summed E-state index contributed by atoms with van der Waals surface area (Å²) < 4.78 is 26.7. The fourth-order valence-corrected chi connectivity index (χ4v) is 5.61. The zero-order chi connectivity index (χ0) is 21.2. The first-order valence-corrected chi connectivity index (χ1v) is 12.8. The highest BCUT2D eigenvalue weighted by molar-refractivity contribution is 5.22. The van der Waals surface area contributed by atoms with E-state index in [1.807, 2.05) is 0 Å². The fraction of sp³-hybridized carbons (Fsp3) is 0.714. The van der Waals surface area contributed by atoms with Gasteiger partial charge in [0.1, 0.15) is 0 Å². The van der Waals surface area contributed by atoms with E-state index >= 15 is 0 Å². The summed E-state index contributed by atoms with van der Waals surface area (Å²) >= 11 is 0. The Balaban J connectivity index is 1.30. The Hall–Kier alpha value is -1.18. The van der Waals surface area contributed by atoms with Crippen LogP contribution < -0.4 is 0 Å². The molecular weight excluding hydrogens is 374 g/mol. The Morgan fingerprint density at radius 1 is 0.733 bits per heavy atom. The van der Waals surface area contributed by atoms with Crippen LogP contribution in [0.1, 0.15) is 115 Å². The van der Waals surface area contributed by atoms with Gasteiger partial charge in [0.2, 0.25) is 0 Å². The summed E-state index contributed by atoms with van der Waals surface area (Å²) in [4.78, 5) is 0. The second-order valence-corrected chi connectivity index (χ2v) is 10.0. The van der Waals surface area contributed by atoms with Gasteiger partial charge in [-0.2, -0.15) is 0 Å². The Morgan fingerprint density at radius 2 is 1.33 bits per heavy atom. The molecule has 0 nitrogen and oxygen atoms in total.